The smallest absolute Gasteiger partial charge is 0.193 e. The zero-order valence-corrected chi connectivity index (χ0v) is 13.4. The number of guanidine groups is 1. The Balaban J connectivity index is 1.51. The molecule has 2 fully saturated rings. The summed E-state index contributed by atoms with van der Waals surface area (Å²) < 4.78 is 1.84. The van der Waals surface area contributed by atoms with Crippen LogP contribution in [0.1, 0.15) is 31.2 Å². The van der Waals surface area contributed by atoms with E-state index >= 15 is 0 Å². The maximum absolute atomic E-state index is 4.43. The van der Waals surface area contributed by atoms with Gasteiger partial charge in [-0.05, 0) is 43.4 Å². The van der Waals surface area contributed by atoms with Crippen molar-refractivity contribution >= 4 is 5.96 Å². The summed E-state index contributed by atoms with van der Waals surface area (Å²) >= 11 is 0. The van der Waals surface area contributed by atoms with Gasteiger partial charge in [-0.25, -0.2) is 0 Å². The zero-order valence-electron chi connectivity index (χ0n) is 13.4. The molecule has 0 unspecified atom stereocenters. The molecule has 5 heteroatoms. The third-order valence-corrected chi connectivity index (χ3v) is 4.70. The lowest BCUT2D eigenvalue weighted by Gasteiger charge is -2.24. The van der Waals surface area contributed by atoms with Crippen molar-refractivity contribution in [3.63, 3.8) is 0 Å². The molecule has 0 aliphatic heterocycles. The molecule has 0 bridgehead atoms. The maximum atomic E-state index is 4.43. The molecule has 1 aromatic heterocycles. The van der Waals surface area contributed by atoms with E-state index in [1.807, 2.05) is 25.0 Å². The molecule has 0 radical (unpaired) electrons. The molecular formula is C16H27N5. The van der Waals surface area contributed by atoms with Crippen molar-refractivity contribution in [2.24, 2.45) is 29.8 Å². The Morgan fingerprint density at radius 2 is 2.10 bits per heavy atom. The Morgan fingerprint density at radius 1 is 1.43 bits per heavy atom. The van der Waals surface area contributed by atoms with Gasteiger partial charge in [-0.1, -0.05) is 0 Å². The number of nitrogens with zero attached hydrogens (tertiary/aromatic N) is 4. The summed E-state index contributed by atoms with van der Waals surface area (Å²) in [5.74, 6) is 3.82. The third-order valence-electron chi connectivity index (χ3n) is 4.70. The van der Waals surface area contributed by atoms with Crippen LogP contribution in [0, 0.1) is 17.8 Å². The predicted molar refractivity (Wildman–Crippen MR) is 85.0 cm³/mol. The Morgan fingerprint density at radius 3 is 2.57 bits per heavy atom. The van der Waals surface area contributed by atoms with Gasteiger partial charge in [-0.3, -0.25) is 9.67 Å². The number of aliphatic imine (C=N–C) groups is 1. The monoisotopic (exact) mass is 289 g/mol. The minimum Gasteiger partial charge on any atom is -0.356 e. The second kappa shape index (κ2) is 6.08. The van der Waals surface area contributed by atoms with E-state index < -0.39 is 0 Å². The number of aryl methyl sites for hydroxylation is 1. The summed E-state index contributed by atoms with van der Waals surface area (Å²) in [5.41, 5.74) is 1.21. The zero-order chi connectivity index (χ0) is 14.8. The molecule has 0 spiro atoms. The molecule has 0 atom stereocenters. The maximum Gasteiger partial charge on any atom is 0.193 e. The van der Waals surface area contributed by atoms with Gasteiger partial charge in [0, 0.05) is 46.0 Å². The van der Waals surface area contributed by atoms with Gasteiger partial charge >= 0.3 is 0 Å². The number of hydrogen-bond acceptors (Lipinski definition) is 2. The number of rotatable bonds is 6. The summed E-state index contributed by atoms with van der Waals surface area (Å²) in [4.78, 5) is 6.60. The second-order valence-electron chi connectivity index (χ2n) is 6.65. The fourth-order valence-electron chi connectivity index (χ4n) is 3.26. The average Bonchev–Trinajstić information content (AvgIpc) is 3.36. The van der Waals surface area contributed by atoms with E-state index in [9.17, 15) is 0 Å². The van der Waals surface area contributed by atoms with Crippen molar-refractivity contribution in [2.75, 3.05) is 20.6 Å². The third kappa shape index (κ3) is 3.77. The number of aromatic nitrogens is 2. The standard InChI is InChI=1S/C16H27N5/c1-17-16(20(2)10-12-8-19-21(3)11-12)18-9-15(13-4-5-13)14-6-7-14/h8,11,13-15H,4-7,9-10H2,1-3H3,(H,17,18). The van der Waals surface area contributed by atoms with Crippen LogP contribution in [-0.2, 0) is 13.6 Å². The molecule has 0 aromatic carbocycles. The van der Waals surface area contributed by atoms with E-state index in [-0.39, 0.29) is 0 Å². The lowest BCUT2D eigenvalue weighted by Crippen LogP contribution is -2.41. The van der Waals surface area contributed by atoms with Gasteiger partial charge in [0.2, 0.25) is 0 Å². The summed E-state index contributed by atoms with van der Waals surface area (Å²) in [7, 11) is 5.91. The summed E-state index contributed by atoms with van der Waals surface area (Å²) in [6, 6.07) is 0. The van der Waals surface area contributed by atoms with Gasteiger partial charge < -0.3 is 10.2 Å². The van der Waals surface area contributed by atoms with Crippen molar-refractivity contribution in [3.05, 3.63) is 18.0 Å². The first-order chi connectivity index (χ1) is 10.2. The Kier molecular flexibility index (Phi) is 4.17. The summed E-state index contributed by atoms with van der Waals surface area (Å²) in [6.45, 7) is 1.92. The lowest BCUT2D eigenvalue weighted by atomic mass is 9.98. The van der Waals surface area contributed by atoms with E-state index in [4.69, 9.17) is 0 Å². The molecule has 21 heavy (non-hydrogen) atoms. The molecule has 2 aliphatic rings. The topological polar surface area (TPSA) is 45.5 Å². The number of nitrogens with one attached hydrogen (secondary N) is 1. The summed E-state index contributed by atoms with van der Waals surface area (Å²) in [5, 5.41) is 7.81. The second-order valence-corrected chi connectivity index (χ2v) is 6.65. The predicted octanol–water partition coefficient (Wildman–Crippen LogP) is 1.86. The number of hydrogen-bond donors (Lipinski definition) is 1. The van der Waals surface area contributed by atoms with E-state index in [2.05, 4.69) is 33.6 Å². The SMILES string of the molecule is CN=C(NCC(C1CC1)C1CC1)N(C)Cc1cnn(C)c1. The van der Waals surface area contributed by atoms with Crippen molar-refractivity contribution in [1.82, 2.24) is 20.0 Å². The quantitative estimate of drug-likeness (QED) is 0.642. The van der Waals surface area contributed by atoms with Crippen molar-refractivity contribution in [2.45, 2.75) is 32.2 Å². The molecule has 0 amide bonds. The lowest BCUT2D eigenvalue weighted by molar-refractivity contribution is 0.387. The molecule has 2 aliphatic carbocycles. The van der Waals surface area contributed by atoms with Crippen LogP contribution in [0.25, 0.3) is 0 Å². The van der Waals surface area contributed by atoms with E-state index in [1.165, 1.54) is 31.2 Å². The Hall–Kier alpha value is -1.52. The van der Waals surface area contributed by atoms with Crippen molar-refractivity contribution in [3.8, 4) is 0 Å². The average molecular weight is 289 g/mol. The Labute approximate surface area is 127 Å². The first kappa shape index (κ1) is 14.4. The highest BCUT2D eigenvalue weighted by Gasteiger charge is 2.41. The van der Waals surface area contributed by atoms with Crippen LogP contribution in [0.4, 0.5) is 0 Å². The molecule has 1 aromatic rings. The van der Waals surface area contributed by atoms with Crippen LogP contribution in [0.15, 0.2) is 17.4 Å². The van der Waals surface area contributed by atoms with E-state index in [0.29, 0.717) is 0 Å². The Bertz CT molecular complexity index is 487. The van der Waals surface area contributed by atoms with E-state index in [1.54, 1.807) is 0 Å². The van der Waals surface area contributed by atoms with Crippen LogP contribution in [-0.4, -0.2) is 41.3 Å². The molecule has 0 saturated heterocycles. The minimum absolute atomic E-state index is 0.838. The highest BCUT2D eigenvalue weighted by atomic mass is 15.3. The van der Waals surface area contributed by atoms with Gasteiger partial charge in [-0.15, -0.1) is 0 Å². The molecule has 3 rings (SSSR count). The molecule has 2 saturated carbocycles. The molecular weight excluding hydrogens is 262 g/mol. The molecule has 1 N–H and O–H groups in total. The van der Waals surface area contributed by atoms with Crippen molar-refractivity contribution in [1.29, 1.82) is 0 Å². The highest BCUT2D eigenvalue weighted by molar-refractivity contribution is 5.79. The fourth-order valence-corrected chi connectivity index (χ4v) is 3.26. The van der Waals surface area contributed by atoms with Crippen LogP contribution in [0.2, 0.25) is 0 Å². The largest absolute Gasteiger partial charge is 0.356 e. The van der Waals surface area contributed by atoms with Gasteiger partial charge in [0.15, 0.2) is 5.96 Å². The van der Waals surface area contributed by atoms with Crippen LogP contribution < -0.4 is 5.32 Å². The van der Waals surface area contributed by atoms with Gasteiger partial charge in [0.1, 0.15) is 0 Å². The van der Waals surface area contributed by atoms with Gasteiger partial charge in [0.25, 0.3) is 0 Å². The van der Waals surface area contributed by atoms with Crippen LogP contribution in [0.3, 0.4) is 0 Å². The molecule has 1 heterocycles. The fraction of sp³-hybridized carbons (Fsp3) is 0.750. The first-order valence-electron chi connectivity index (χ1n) is 8.06. The summed E-state index contributed by atoms with van der Waals surface area (Å²) in [6.07, 6.45) is 9.72. The molecule has 116 valence electrons. The van der Waals surface area contributed by atoms with Gasteiger partial charge in [0.05, 0.1) is 6.20 Å². The van der Waals surface area contributed by atoms with Crippen molar-refractivity contribution < 1.29 is 0 Å². The normalized spacial score (nSPS) is 19.1. The highest BCUT2D eigenvalue weighted by Crippen LogP contribution is 2.48. The van der Waals surface area contributed by atoms with Gasteiger partial charge in [-0.2, -0.15) is 5.10 Å². The van der Waals surface area contributed by atoms with Crippen LogP contribution in [0.5, 0.6) is 0 Å². The minimum atomic E-state index is 0.838. The van der Waals surface area contributed by atoms with E-state index in [0.717, 1.165) is 36.8 Å². The first-order valence-corrected chi connectivity index (χ1v) is 8.06. The molecule has 5 nitrogen and oxygen atoms in total. The van der Waals surface area contributed by atoms with Crippen LogP contribution >= 0.6 is 0 Å².